The summed E-state index contributed by atoms with van der Waals surface area (Å²) in [5, 5.41) is 3.59. The lowest BCUT2D eigenvalue weighted by atomic mass is 10.0. The molecule has 1 aromatic heterocycles. The molecule has 0 aliphatic rings. The topological polar surface area (TPSA) is 24.9 Å². The van der Waals surface area contributed by atoms with Crippen LogP contribution in [0.3, 0.4) is 0 Å². The third-order valence-electron chi connectivity index (χ3n) is 3.15. The van der Waals surface area contributed by atoms with E-state index in [2.05, 4.69) is 30.2 Å². The van der Waals surface area contributed by atoms with Gasteiger partial charge in [0.05, 0.1) is 0 Å². The maximum atomic E-state index is 4.16. The van der Waals surface area contributed by atoms with Crippen LogP contribution in [0.25, 0.3) is 0 Å². The molecule has 0 bridgehead atoms. The van der Waals surface area contributed by atoms with E-state index < -0.39 is 0 Å². The third-order valence-corrected chi connectivity index (χ3v) is 3.15. The largest absolute Gasteiger partial charge is 0.314 e. The summed E-state index contributed by atoms with van der Waals surface area (Å²) in [5.41, 5.74) is 1.35. The van der Waals surface area contributed by atoms with E-state index in [9.17, 15) is 0 Å². The molecule has 0 amide bonds. The van der Waals surface area contributed by atoms with Crippen molar-refractivity contribution < 1.29 is 0 Å². The Morgan fingerprint density at radius 2 is 2.12 bits per heavy atom. The Hall–Kier alpha value is -0.890. The van der Waals surface area contributed by atoms with Gasteiger partial charge in [-0.2, -0.15) is 0 Å². The molecule has 0 spiro atoms. The van der Waals surface area contributed by atoms with Crippen LogP contribution in [0.5, 0.6) is 0 Å². The van der Waals surface area contributed by atoms with E-state index in [0.717, 1.165) is 13.0 Å². The maximum Gasteiger partial charge on any atom is 0.0299 e. The zero-order chi connectivity index (χ0) is 12.3. The second kappa shape index (κ2) is 9.17. The summed E-state index contributed by atoms with van der Waals surface area (Å²) in [6.45, 7) is 5.53. The fourth-order valence-corrected chi connectivity index (χ4v) is 2.16. The summed E-state index contributed by atoms with van der Waals surface area (Å²) in [6, 6.07) is 4.86. The first-order valence-electron chi connectivity index (χ1n) is 6.99. The fraction of sp³-hybridized carbons (Fsp3) is 0.667. The van der Waals surface area contributed by atoms with Crippen LogP contribution in [0.4, 0.5) is 0 Å². The van der Waals surface area contributed by atoms with Gasteiger partial charge in [-0.15, -0.1) is 0 Å². The highest BCUT2D eigenvalue weighted by Crippen LogP contribution is 2.10. The van der Waals surface area contributed by atoms with Crippen molar-refractivity contribution in [2.24, 2.45) is 0 Å². The number of pyridine rings is 1. The highest BCUT2D eigenvalue weighted by molar-refractivity contribution is 5.08. The van der Waals surface area contributed by atoms with Gasteiger partial charge in [0.1, 0.15) is 0 Å². The van der Waals surface area contributed by atoms with Crippen molar-refractivity contribution in [3.05, 3.63) is 30.1 Å². The first-order chi connectivity index (χ1) is 8.36. The molecule has 17 heavy (non-hydrogen) atoms. The van der Waals surface area contributed by atoms with Crippen molar-refractivity contribution in [3.8, 4) is 0 Å². The van der Waals surface area contributed by atoms with Crippen molar-refractivity contribution >= 4 is 0 Å². The predicted molar refractivity (Wildman–Crippen MR) is 74.2 cm³/mol. The van der Waals surface area contributed by atoms with Gasteiger partial charge in [0.25, 0.3) is 0 Å². The van der Waals surface area contributed by atoms with Crippen LogP contribution in [0.15, 0.2) is 24.5 Å². The molecule has 0 saturated carbocycles. The van der Waals surface area contributed by atoms with Crippen LogP contribution in [0, 0.1) is 0 Å². The standard InChI is InChI=1S/C15H26N2/c1-3-5-6-9-15(17-4-2)11-10-14-8-7-12-16-13-14/h7-8,12-13,15,17H,3-6,9-11H2,1-2H3. The van der Waals surface area contributed by atoms with Gasteiger partial charge >= 0.3 is 0 Å². The average molecular weight is 234 g/mol. The lowest BCUT2D eigenvalue weighted by Crippen LogP contribution is -2.29. The van der Waals surface area contributed by atoms with Crippen molar-refractivity contribution in [3.63, 3.8) is 0 Å². The normalized spacial score (nSPS) is 12.6. The zero-order valence-electron chi connectivity index (χ0n) is 11.3. The second-order valence-corrected chi connectivity index (χ2v) is 4.65. The van der Waals surface area contributed by atoms with Crippen LogP contribution in [0.2, 0.25) is 0 Å². The quantitative estimate of drug-likeness (QED) is 0.661. The van der Waals surface area contributed by atoms with E-state index in [-0.39, 0.29) is 0 Å². The molecule has 1 unspecified atom stereocenters. The summed E-state index contributed by atoms with van der Waals surface area (Å²) in [7, 11) is 0. The summed E-state index contributed by atoms with van der Waals surface area (Å²) in [6.07, 6.45) is 11.5. The Labute approximate surface area is 106 Å². The summed E-state index contributed by atoms with van der Waals surface area (Å²) < 4.78 is 0. The highest BCUT2D eigenvalue weighted by Gasteiger charge is 2.06. The molecular weight excluding hydrogens is 208 g/mol. The van der Waals surface area contributed by atoms with Gasteiger partial charge in [-0.25, -0.2) is 0 Å². The molecule has 2 nitrogen and oxygen atoms in total. The van der Waals surface area contributed by atoms with Gasteiger partial charge in [-0.05, 0) is 37.4 Å². The maximum absolute atomic E-state index is 4.16. The number of nitrogens with one attached hydrogen (secondary N) is 1. The number of rotatable bonds is 9. The van der Waals surface area contributed by atoms with Crippen LogP contribution in [-0.4, -0.2) is 17.6 Å². The van der Waals surface area contributed by atoms with Gasteiger partial charge in [0.2, 0.25) is 0 Å². The minimum absolute atomic E-state index is 0.673. The second-order valence-electron chi connectivity index (χ2n) is 4.65. The van der Waals surface area contributed by atoms with Crippen LogP contribution in [-0.2, 0) is 6.42 Å². The lowest BCUT2D eigenvalue weighted by molar-refractivity contribution is 0.444. The summed E-state index contributed by atoms with van der Waals surface area (Å²) in [5.74, 6) is 0. The van der Waals surface area contributed by atoms with Crippen molar-refractivity contribution in [1.29, 1.82) is 0 Å². The number of nitrogens with zero attached hydrogens (tertiary/aromatic N) is 1. The summed E-state index contributed by atoms with van der Waals surface area (Å²) >= 11 is 0. The van der Waals surface area contributed by atoms with Crippen molar-refractivity contribution in [2.45, 2.75) is 58.4 Å². The minimum atomic E-state index is 0.673. The molecule has 1 atom stereocenters. The van der Waals surface area contributed by atoms with Crippen molar-refractivity contribution in [2.75, 3.05) is 6.54 Å². The molecule has 0 aromatic carbocycles. The van der Waals surface area contributed by atoms with E-state index in [4.69, 9.17) is 0 Å². The molecule has 0 radical (unpaired) electrons. The van der Waals surface area contributed by atoms with E-state index >= 15 is 0 Å². The van der Waals surface area contributed by atoms with E-state index in [1.54, 1.807) is 0 Å². The molecule has 1 heterocycles. The van der Waals surface area contributed by atoms with Crippen LogP contribution >= 0.6 is 0 Å². The number of aromatic nitrogens is 1. The van der Waals surface area contributed by atoms with Crippen LogP contribution < -0.4 is 5.32 Å². The van der Waals surface area contributed by atoms with Gasteiger partial charge in [0.15, 0.2) is 0 Å². The van der Waals surface area contributed by atoms with E-state index in [1.165, 1.54) is 37.7 Å². The Morgan fingerprint density at radius 3 is 2.76 bits per heavy atom. The molecular formula is C15H26N2. The highest BCUT2D eigenvalue weighted by atomic mass is 14.9. The number of hydrogen-bond donors (Lipinski definition) is 1. The van der Waals surface area contributed by atoms with Crippen molar-refractivity contribution in [1.82, 2.24) is 10.3 Å². The number of unbranched alkanes of at least 4 members (excludes halogenated alkanes) is 2. The van der Waals surface area contributed by atoms with Gasteiger partial charge in [0, 0.05) is 18.4 Å². The lowest BCUT2D eigenvalue weighted by Gasteiger charge is -2.17. The fourth-order valence-electron chi connectivity index (χ4n) is 2.16. The molecule has 0 aliphatic carbocycles. The monoisotopic (exact) mass is 234 g/mol. The van der Waals surface area contributed by atoms with Gasteiger partial charge in [-0.1, -0.05) is 39.2 Å². The molecule has 1 N–H and O–H groups in total. The molecule has 1 aromatic rings. The van der Waals surface area contributed by atoms with Crippen LogP contribution in [0.1, 0.15) is 51.5 Å². The Bertz CT molecular complexity index is 272. The smallest absolute Gasteiger partial charge is 0.0299 e. The third kappa shape index (κ3) is 6.42. The Morgan fingerprint density at radius 1 is 1.24 bits per heavy atom. The summed E-state index contributed by atoms with van der Waals surface area (Å²) in [4.78, 5) is 4.16. The van der Waals surface area contributed by atoms with Gasteiger partial charge < -0.3 is 5.32 Å². The Balaban J connectivity index is 2.28. The van der Waals surface area contributed by atoms with E-state index in [1.807, 2.05) is 18.5 Å². The van der Waals surface area contributed by atoms with Gasteiger partial charge in [-0.3, -0.25) is 4.98 Å². The number of hydrogen-bond acceptors (Lipinski definition) is 2. The zero-order valence-corrected chi connectivity index (χ0v) is 11.3. The Kier molecular flexibility index (Phi) is 7.65. The molecule has 1 rings (SSSR count). The first kappa shape index (κ1) is 14.2. The number of aryl methyl sites for hydroxylation is 1. The molecule has 0 saturated heterocycles. The first-order valence-corrected chi connectivity index (χ1v) is 6.99. The van der Waals surface area contributed by atoms with E-state index in [0.29, 0.717) is 6.04 Å². The average Bonchev–Trinajstić information content (AvgIpc) is 2.37. The SMILES string of the molecule is CCCCCC(CCc1cccnc1)NCC. The molecule has 0 fully saturated rings. The molecule has 2 heteroatoms. The minimum Gasteiger partial charge on any atom is -0.314 e. The predicted octanol–water partition coefficient (Wildman–Crippen LogP) is 3.57. The molecule has 96 valence electrons. The molecule has 0 aliphatic heterocycles.